The molecule has 3 heteroatoms. The molecule has 1 heterocycles. The Kier molecular flexibility index (Phi) is 3.55. The van der Waals surface area contributed by atoms with E-state index < -0.39 is 0 Å². The van der Waals surface area contributed by atoms with Crippen molar-refractivity contribution in [2.24, 2.45) is 5.73 Å². The van der Waals surface area contributed by atoms with E-state index in [-0.39, 0.29) is 12.4 Å². The third-order valence-electron chi connectivity index (χ3n) is 2.40. The van der Waals surface area contributed by atoms with Crippen molar-refractivity contribution in [1.82, 2.24) is 4.57 Å². The molecule has 0 bridgehead atoms. The number of fused-ring (bicyclic) bond motifs is 1. The molecule has 0 aliphatic carbocycles. The molecule has 0 fully saturated rings. The van der Waals surface area contributed by atoms with E-state index in [1.165, 1.54) is 16.5 Å². The molecule has 1 aromatic carbocycles. The Labute approximate surface area is 90.1 Å². The van der Waals surface area contributed by atoms with E-state index in [0.29, 0.717) is 6.54 Å². The molecule has 0 amide bonds. The number of aromatic nitrogens is 1. The lowest BCUT2D eigenvalue weighted by atomic mass is 10.1. The van der Waals surface area contributed by atoms with Crippen LogP contribution in [0.1, 0.15) is 5.56 Å². The van der Waals surface area contributed by atoms with Gasteiger partial charge >= 0.3 is 0 Å². The minimum atomic E-state index is 0. The summed E-state index contributed by atoms with van der Waals surface area (Å²) in [4.78, 5) is 0. The highest BCUT2D eigenvalue weighted by molar-refractivity contribution is 5.85. The van der Waals surface area contributed by atoms with Gasteiger partial charge < -0.3 is 10.3 Å². The normalized spacial score (nSPS) is 10.1. The van der Waals surface area contributed by atoms with E-state index in [0.717, 1.165) is 6.54 Å². The first-order chi connectivity index (χ1) is 6.33. The minimum absolute atomic E-state index is 0. The number of nitrogens with zero attached hydrogens (tertiary/aromatic N) is 1. The smallest absolute Gasteiger partial charge is 0.0483 e. The van der Waals surface area contributed by atoms with Crippen LogP contribution < -0.4 is 5.73 Å². The fraction of sp³-hybridized carbons (Fsp3) is 0.273. The van der Waals surface area contributed by atoms with Gasteiger partial charge in [0.15, 0.2) is 0 Å². The Morgan fingerprint density at radius 2 is 2.07 bits per heavy atom. The average Bonchev–Trinajstić information content (AvgIpc) is 2.51. The maximum absolute atomic E-state index is 5.53. The first kappa shape index (κ1) is 11.1. The van der Waals surface area contributed by atoms with Crippen LogP contribution in [0.15, 0.2) is 30.5 Å². The maximum Gasteiger partial charge on any atom is 0.0483 e. The quantitative estimate of drug-likeness (QED) is 0.811. The molecule has 0 unspecified atom stereocenters. The number of aryl methyl sites for hydroxylation is 1. The van der Waals surface area contributed by atoms with Crippen LogP contribution in [0.4, 0.5) is 0 Å². The topological polar surface area (TPSA) is 30.9 Å². The van der Waals surface area contributed by atoms with Crippen LogP contribution in [0.25, 0.3) is 10.9 Å². The van der Waals surface area contributed by atoms with Gasteiger partial charge in [-0.15, -0.1) is 12.4 Å². The SMILES string of the molecule is Cc1cccc2c1ccn2CCN.Cl. The van der Waals surface area contributed by atoms with Crippen molar-refractivity contribution in [2.75, 3.05) is 6.54 Å². The van der Waals surface area contributed by atoms with Crippen molar-refractivity contribution in [2.45, 2.75) is 13.5 Å². The number of hydrogen-bond acceptors (Lipinski definition) is 1. The average molecular weight is 211 g/mol. The number of hydrogen-bond donors (Lipinski definition) is 1. The zero-order valence-corrected chi connectivity index (χ0v) is 9.05. The van der Waals surface area contributed by atoms with Crippen molar-refractivity contribution in [3.05, 3.63) is 36.0 Å². The molecule has 2 nitrogen and oxygen atoms in total. The van der Waals surface area contributed by atoms with E-state index in [4.69, 9.17) is 5.73 Å². The lowest BCUT2D eigenvalue weighted by molar-refractivity contribution is 0.735. The van der Waals surface area contributed by atoms with E-state index in [1.807, 2.05) is 0 Å². The molecule has 0 atom stereocenters. The van der Waals surface area contributed by atoms with Gasteiger partial charge in [0, 0.05) is 30.2 Å². The molecule has 2 aromatic rings. The van der Waals surface area contributed by atoms with Crippen molar-refractivity contribution in [3.8, 4) is 0 Å². The van der Waals surface area contributed by atoms with Crippen LogP contribution in [-0.4, -0.2) is 11.1 Å². The second kappa shape index (κ2) is 4.49. The van der Waals surface area contributed by atoms with E-state index in [9.17, 15) is 0 Å². The highest BCUT2D eigenvalue weighted by Gasteiger charge is 2.00. The second-order valence-corrected chi connectivity index (χ2v) is 3.31. The summed E-state index contributed by atoms with van der Waals surface area (Å²) >= 11 is 0. The lowest BCUT2D eigenvalue weighted by Gasteiger charge is -2.02. The molecule has 0 aliphatic heterocycles. The summed E-state index contributed by atoms with van der Waals surface area (Å²) in [6, 6.07) is 8.51. The number of nitrogens with two attached hydrogens (primary N) is 1. The maximum atomic E-state index is 5.53. The molecule has 0 saturated heterocycles. The van der Waals surface area contributed by atoms with Gasteiger partial charge in [0.05, 0.1) is 0 Å². The van der Waals surface area contributed by atoms with Gasteiger partial charge in [-0.25, -0.2) is 0 Å². The van der Waals surface area contributed by atoms with Gasteiger partial charge in [0.25, 0.3) is 0 Å². The van der Waals surface area contributed by atoms with Gasteiger partial charge in [-0.2, -0.15) is 0 Å². The molecule has 76 valence electrons. The predicted octanol–water partition coefficient (Wildman–Crippen LogP) is 2.33. The largest absolute Gasteiger partial charge is 0.346 e. The summed E-state index contributed by atoms with van der Waals surface area (Å²) < 4.78 is 2.20. The molecule has 14 heavy (non-hydrogen) atoms. The minimum Gasteiger partial charge on any atom is -0.346 e. The van der Waals surface area contributed by atoms with Gasteiger partial charge in [0.1, 0.15) is 0 Å². The van der Waals surface area contributed by atoms with Crippen LogP contribution in [0.5, 0.6) is 0 Å². The van der Waals surface area contributed by atoms with Gasteiger partial charge in [0.2, 0.25) is 0 Å². The van der Waals surface area contributed by atoms with Crippen molar-refractivity contribution in [1.29, 1.82) is 0 Å². The summed E-state index contributed by atoms with van der Waals surface area (Å²) in [6.07, 6.45) is 2.10. The molecule has 1 aromatic heterocycles. The Bertz CT molecular complexity index is 420. The van der Waals surface area contributed by atoms with Crippen molar-refractivity contribution in [3.63, 3.8) is 0 Å². The fourth-order valence-corrected chi connectivity index (χ4v) is 1.71. The van der Waals surface area contributed by atoms with E-state index in [1.54, 1.807) is 0 Å². The van der Waals surface area contributed by atoms with Crippen LogP contribution in [0.3, 0.4) is 0 Å². The Morgan fingerprint density at radius 3 is 2.79 bits per heavy atom. The van der Waals surface area contributed by atoms with Gasteiger partial charge in [-0.05, 0) is 24.6 Å². The van der Waals surface area contributed by atoms with E-state index in [2.05, 4.69) is 42.0 Å². The van der Waals surface area contributed by atoms with Crippen LogP contribution in [-0.2, 0) is 6.54 Å². The summed E-state index contributed by atoms with van der Waals surface area (Å²) in [5.74, 6) is 0. The van der Waals surface area contributed by atoms with Crippen molar-refractivity contribution < 1.29 is 0 Å². The molecule has 2 rings (SSSR count). The lowest BCUT2D eigenvalue weighted by Crippen LogP contribution is -2.08. The van der Waals surface area contributed by atoms with Gasteiger partial charge in [-0.1, -0.05) is 12.1 Å². The molecule has 0 saturated carbocycles. The highest BCUT2D eigenvalue weighted by atomic mass is 35.5. The van der Waals surface area contributed by atoms with Crippen LogP contribution >= 0.6 is 12.4 Å². The summed E-state index contributed by atoms with van der Waals surface area (Å²) in [7, 11) is 0. The summed E-state index contributed by atoms with van der Waals surface area (Å²) in [5.41, 5.74) is 8.14. The third-order valence-corrected chi connectivity index (χ3v) is 2.40. The molecular weight excluding hydrogens is 196 g/mol. The highest BCUT2D eigenvalue weighted by Crippen LogP contribution is 2.18. The molecule has 2 N–H and O–H groups in total. The van der Waals surface area contributed by atoms with Crippen LogP contribution in [0.2, 0.25) is 0 Å². The summed E-state index contributed by atoms with van der Waals surface area (Å²) in [6.45, 7) is 3.72. The zero-order valence-electron chi connectivity index (χ0n) is 8.23. The fourth-order valence-electron chi connectivity index (χ4n) is 1.71. The number of benzene rings is 1. The second-order valence-electron chi connectivity index (χ2n) is 3.31. The zero-order chi connectivity index (χ0) is 9.26. The molecule has 0 spiro atoms. The summed E-state index contributed by atoms with van der Waals surface area (Å²) in [5, 5.41) is 1.33. The Morgan fingerprint density at radius 1 is 1.29 bits per heavy atom. The molecular formula is C11H15ClN2. The number of rotatable bonds is 2. The standard InChI is InChI=1S/C11H14N2.ClH/c1-9-3-2-4-11-10(9)5-7-13(11)8-6-12;/h2-5,7H,6,8,12H2,1H3;1H. The Hall–Kier alpha value is -0.990. The predicted molar refractivity (Wildman–Crippen MR) is 63.0 cm³/mol. The molecule has 0 aliphatic rings. The van der Waals surface area contributed by atoms with E-state index >= 15 is 0 Å². The molecule has 0 radical (unpaired) electrons. The Balaban J connectivity index is 0.000000980. The number of halogens is 1. The van der Waals surface area contributed by atoms with Crippen LogP contribution in [0, 0.1) is 6.92 Å². The van der Waals surface area contributed by atoms with Crippen molar-refractivity contribution >= 4 is 23.3 Å². The first-order valence-corrected chi connectivity index (χ1v) is 4.57. The van der Waals surface area contributed by atoms with Gasteiger partial charge in [-0.3, -0.25) is 0 Å². The first-order valence-electron chi connectivity index (χ1n) is 4.57. The third kappa shape index (κ3) is 1.76. The monoisotopic (exact) mass is 210 g/mol.